The van der Waals surface area contributed by atoms with Crippen molar-refractivity contribution in [2.45, 2.75) is 6.92 Å². The van der Waals surface area contributed by atoms with Crippen molar-refractivity contribution in [2.75, 3.05) is 5.33 Å². The molecule has 1 nitrogen and oxygen atoms in total. The van der Waals surface area contributed by atoms with Crippen LogP contribution in [0, 0.1) is 6.92 Å². The second-order valence-corrected chi connectivity index (χ2v) is 4.44. The van der Waals surface area contributed by atoms with Crippen LogP contribution in [0.1, 0.15) is 15.9 Å². The molecule has 0 heterocycles. The van der Waals surface area contributed by atoms with E-state index in [1.807, 2.05) is 6.92 Å². The zero-order valence-electron chi connectivity index (χ0n) is 6.90. The highest BCUT2D eigenvalue weighted by atomic mass is 79.9. The normalized spacial score (nSPS) is 10.2. The van der Waals surface area contributed by atoms with Crippen LogP contribution in [0.5, 0.6) is 0 Å². The van der Waals surface area contributed by atoms with E-state index in [0.29, 0.717) is 15.9 Å². The largest absolute Gasteiger partial charge is 0.293 e. The molecule has 4 heteroatoms. The summed E-state index contributed by atoms with van der Waals surface area (Å²) in [7, 11) is 0. The lowest BCUT2D eigenvalue weighted by Crippen LogP contribution is -2.00. The summed E-state index contributed by atoms with van der Waals surface area (Å²) < 4.78 is 0.865. The molecule has 1 aromatic carbocycles. The van der Waals surface area contributed by atoms with Crippen molar-refractivity contribution in [1.82, 2.24) is 0 Å². The van der Waals surface area contributed by atoms with E-state index in [4.69, 9.17) is 11.6 Å². The summed E-state index contributed by atoms with van der Waals surface area (Å²) in [4.78, 5) is 11.3. The molecule has 13 heavy (non-hydrogen) atoms. The van der Waals surface area contributed by atoms with E-state index >= 15 is 0 Å². The average Bonchev–Trinajstić information content (AvgIpc) is 2.12. The van der Waals surface area contributed by atoms with Gasteiger partial charge in [0.2, 0.25) is 0 Å². The minimum Gasteiger partial charge on any atom is -0.293 e. The van der Waals surface area contributed by atoms with Gasteiger partial charge in [-0.15, -0.1) is 0 Å². The molecule has 0 N–H and O–H groups in total. The Morgan fingerprint density at radius 2 is 2.15 bits per heavy atom. The SMILES string of the molecule is Cc1c(Cl)cc(C(=O)CBr)cc1Br. The lowest BCUT2D eigenvalue weighted by Gasteiger charge is -2.04. The molecule has 0 aromatic heterocycles. The topological polar surface area (TPSA) is 17.1 Å². The Morgan fingerprint density at radius 1 is 1.54 bits per heavy atom. The summed E-state index contributed by atoms with van der Waals surface area (Å²) >= 11 is 12.4. The molecule has 0 aliphatic heterocycles. The number of halogens is 3. The number of Topliss-reactive ketones (excluding diaryl/α,β-unsaturated/α-hetero) is 1. The first-order chi connectivity index (χ1) is 6.06. The Bertz CT molecular complexity index is 326. The van der Waals surface area contributed by atoms with Crippen LogP contribution in [-0.4, -0.2) is 11.1 Å². The Morgan fingerprint density at radius 3 is 2.62 bits per heavy atom. The Hall–Kier alpha value is 0.140. The molecular weight excluding hydrogens is 319 g/mol. The van der Waals surface area contributed by atoms with Gasteiger partial charge in [-0.1, -0.05) is 43.5 Å². The van der Waals surface area contributed by atoms with E-state index in [9.17, 15) is 4.79 Å². The van der Waals surface area contributed by atoms with Gasteiger partial charge in [0.25, 0.3) is 0 Å². The molecule has 0 aliphatic rings. The Kier molecular flexibility index (Phi) is 3.95. The van der Waals surface area contributed by atoms with Gasteiger partial charge in [-0.25, -0.2) is 0 Å². The van der Waals surface area contributed by atoms with Crippen molar-refractivity contribution < 1.29 is 4.79 Å². The number of benzene rings is 1. The standard InChI is InChI=1S/C9H7Br2ClO/c1-5-7(11)2-6(3-8(5)12)9(13)4-10/h2-3H,4H2,1H3. The highest BCUT2D eigenvalue weighted by molar-refractivity contribution is 9.10. The van der Waals surface area contributed by atoms with Crippen molar-refractivity contribution in [3.63, 3.8) is 0 Å². The van der Waals surface area contributed by atoms with Gasteiger partial charge in [0, 0.05) is 15.1 Å². The number of rotatable bonds is 2. The van der Waals surface area contributed by atoms with Crippen LogP contribution in [-0.2, 0) is 0 Å². The molecule has 0 fully saturated rings. The maximum atomic E-state index is 11.3. The Balaban J connectivity index is 3.20. The Labute approximate surface area is 98.7 Å². The molecule has 1 aromatic rings. The lowest BCUT2D eigenvalue weighted by atomic mass is 10.1. The number of hydrogen-bond acceptors (Lipinski definition) is 1. The molecule has 0 spiro atoms. The number of hydrogen-bond donors (Lipinski definition) is 0. The third-order valence-electron chi connectivity index (χ3n) is 1.72. The van der Waals surface area contributed by atoms with Crippen molar-refractivity contribution >= 4 is 49.2 Å². The predicted molar refractivity (Wildman–Crippen MR) is 62.0 cm³/mol. The smallest absolute Gasteiger partial charge is 0.173 e. The fraction of sp³-hybridized carbons (Fsp3) is 0.222. The second-order valence-electron chi connectivity index (χ2n) is 2.62. The predicted octanol–water partition coefficient (Wildman–Crippen LogP) is 3.99. The van der Waals surface area contributed by atoms with Gasteiger partial charge < -0.3 is 0 Å². The molecule has 0 aliphatic carbocycles. The molecule has 0 saturated heterocycles. The molecular formula is C9H7Br2ClO. The van der Waals surface area contributed by atoms with Crippen LogP contribution in [0.15, 0.2) is 16.6 Å². The van der Waals surface area contributed by atoms with Crippen LogP contribution < -0.4 is 0 Å². The monoisotopic (exact) mass is 324 g/mol. The van der Waals surface area contributed by atoms with Crippen molar-refractivity contribution in [2.24, 2.45) is 0 Å². The van der Waals surface area contributed by atoms with Crippen molar-refractivity contribution in [3.8, 4) is 0 Å². The maximum Gasteiger partial charge on any atom is 0.173 e. The lowest BCUT2D eigenvalue weighted by molar-refractivity contribution is 0.102. The van der Waals surface area contributed by atoms with E-state index in [-0.39, 0.29) is 5.78 Å². The van der Waals surface area contributed by atoms with Crippen molar-refractivity contribution in [1.29, 1.82) is 0 Å². The maximum absolute atomic E-state index is 11.3. The second kappa shape index (κ2) is 4.58. The van der Waals surface area contributed by atoms with E-state index in [1.165, 1.54) is 0 Å². The molecule has 0 saturated carbocycles. The van der Waals surface area contributed by atoms with Crippen LogP contribution in [0.25, 0.3) is 0 Å². The molecule has 70 valence electrons. The number of ketones is 1. The zero-order valence-corrected chi connectivity index (χ0v) is 10.8. The van der Waals surface area contributed by atoms with Gasteiger partial charge in [0.15, 0.2) is 5.78 Å². The van der Waals surface area contributed by atoms with E-state index in [0.717, 1.165) is 10.0 Å². The van der Waals surface area contributed by atoms with E-state index in [1.54, 1.807) is 12.1 Å². The van der Waals surface area contributed by atoms with Crippen molar-refractivity contribution in [3.05, 3.63) is 32.8 Å². The van der Waals surface area contributed by atoms with Crippen LogP contribution in [0.2, 0.25) is 5.02 Å². The number of carbonyl (C=O) groups is 1. The average molecular weight is 326 g/mol. The van der Waals surface area contributed by atoms with Gasteiger partial charge in [-0.05, 0) is 24.6 Å². The first-order valence-corrected chi connectivity index (χ1v) is 5.90. The summed E-state index contributed by atoms with van der Waals surface area (Å²) in [6.45, 7) is 1.90. The third-order valence-corrected chi connectivity index (χ3v) is 3.45. The first kappa shape index (κ1) is 11.2. The highest BCUT2D eigenvalue weighted by Gasteiger charge is 2.08. The van der Waals surface area contributed by atoms with E-state index in [2.05, 4.69) is 31.9 Å². The van der Waals surface area contributed by atoms with Gasteiger partial charge >= 0.3 is 0 Å². The van der Waals surface area contributed by atoms with Gasteiger partial charge in [0.1, 0.15) is 0 Å². The van der Waals surface area contributed by atoms with Crippen LogP contribution in [0.3, 0.4) is 0 Å². The zero-order chi connectivity index (χ0) is 10.0. The van der Waals surface area contributed by atoms with Gasteiger partial charge in [-0.3, -0.25) is 4.79 Å². The first-order valence-electron chi connectivity index (χ1n) is 3.61. The number of carbonyl (C=O) groups excluding carboxylic acids is 1. The third kappa shape index (κ3) is 2.55. The fourth-order valence-electron chi connectivity index (χ4n) is 0.883. The van der Waals surface area contributed by atoms with Gasteiger partial charge in [0.05, 0.1) is 5.33 Å². The molecule has 1 rings (SSSR count). The molecule has 0 bridgehead atoms. The van der Waals surface area contributed by atoms with Crippen LogP contribution >= 0.6 is 43.5 Å². The minimum absolute atomic E-state index is 0.0302. The summed E-state index contributed by atoms with van der Waals surface area (Å²) in [5.74, 6) is 0.0302. The summed E-state index contributed by atoms with van der Waals surface area (Å²) in [6, 6.07) is 3.47. The fourth-order valence-corrected chi connectivity index (χ4v) is 2.00. The van der Waals surface area contributed by atoms with Crippen LogP contribution in [0.4, 0.5) is 0 Å². The molecule has 0 radical (unpaired) electrons. The molecule has 0 amide bonds. The molecule has 0 atom stereocenters. The summed E-state index contributed by atoms with van der Waals surface area (Å²) in [5, 5.41) is 0.928. The summed E-state index contributed by atoms with van der Waals surface area (Å²) in [6.07, 6.45) is 0. The van der Waals surface area contributed by atoms with Gasteiger partial charge in [-0.2, -0.15) is 0 Å². The minimum atomic E-state index is 0.0302. The molecule has 0 unspecified atom stereocenters. The highest BCUT2D eigenvalue weighted by Crippen LogP contribution is 2.26. The quantitative estimate of drug-likeness (QED) is 0.593. The summed E-state index contributed by atoms with van der Waals surface area (Å²) in [5.41, 5.74) is 1.58. The number of alkyl halides is 1. The van der Waals surface area contributed by atoms with E-state index < -0.39 is 0 Å².